The minimum absolute atomic E-state index is 0.267. The second kappa shape index (κ2) is 8.07. The summed E-state index contributed by atoms with van der Waals surface area (Å²) in [6.45, 7) is 4.63. The lowest BCUT2D eigenvalue weighted by Gasteiger charge is -2.22. The molecule has 10 nitrogen and oxygen atoms in total. The van der Waals surface area contributed by atoms with Crippen molar-refractivity contribution in [3.8, 4) is 0 Å². The number of imide groups is 1. The van der Waals surface area contributed by atoms with E-state index in [-0.39, 0.29) is 5.84 Å². The van der Waals surface area contributed by atoms with E-state index in [1.165, 1.54) is 10.0 Å². The van der Waals surface area contributed by atoms with Crippen LogP contribution in [0.2, 0.25) is 0 Å². The van der Waals surface area contributed by atoms with E-state index in [1.807, 2.05) is 13.8 Å². The van der Waals surface area contributed by atoms with Crippen LogP contribution in [0.5, 0.6) is 0 Å². The normalized spacial score (nSPS) is 17.0. The molecule has 0 aliphatic carbocycles. The topological polar surface area (TPSA) is 146 Å². The Kier molecular flexibility index (Phi) is 5.30. The SMILES string of the molecule is CC(C)CN(N)/N=C(\N)c1ccc(C2C(=O)NC(=O)N2c2ccc3nc[nH]c3c2)cc1. The number of aromatic amines is 1. The molecule has 3 amide bonds. The van der Waals surface area contributed by atoms with Crippen LogP contribution in [-0.2, 0) is 4.79 Å². The Morgan fingerprint density at radius 3 is 2.68 bits per heavy atom. The van der Waals surface area contributed by atoms with E-state index in [2.05, 4.69) is 20.4 Å². The lowest BCUT2D eigenvalue weighted by Crippen LogP contribution is -2.32. The maximum Gasteiger partial charge on any atom is 0.329 e. The van der Waals surface area contributed by atoms with Crippen LogP contribution in [0, 0.1) is 5.92 Å². The quantitative estimate of drug-likeness (QED) is 0.157. The number of anilines is 1. The number of H-pyrrole nitrogens is 1. The Hall–Kier alpha value is -3.92. The molecule has 2 heterocycles. The third kappa shape index (κ3) is 4.05. The minimum atomic E-state index is -0.799. The molecule has 1 atom stereocenters. The second-order valence-corrected chi connectivity index (χ2v) is 7.79. The number of nitrogens with two attached hydrogens (primary N) is 2. The summed E-state index contributed by atoms with van der Waals surface area (Å²) >= 11 is 0. The Balaban J connectivity index is 1.61. The fourth-order valence-corrected chi connectivity index (χ4v) is 3.56. The van der Waals surface area contributed by atoms with Crippen molar-refractivity contribution in [3.63, 3.8) is 0 Å². The first-order chi connectivity index (χ1) is 14.8. The molecular formula is C21H24N8O2. The molecule has 2 aromatic carbocycles. The monoisotopic (exact) mass is 420 g/mol. The number of amides is 3. The van der Waals surface area contributed by atoms with Crippen LogP contribution in [0.25, 0.3) is 11.0 Å². The number of carbonyl (C=O) groups excluding carboxylic acids is 2. The lowest BCUT2D eigenvalue weighted by atomic mass is 10.0. The van der Waals surface area contributed by atoms with Crippen LogP contribution >= 0.6 is 0 Å². The average molecular weight is 420 g/mol. The lowest BCUT2D eigenvalue weighted by molar-refractivity contribution is -0.119. The smallest absolute Gasteiger partial charge is 0.329 e. The van der Waals surface area contributed by atoms with Crippen LogP contribution < -0.4 is 21.8 Å². The molecule has 6 N–H and O–H groups in total. The first kappa shape index (κ1) is 20.4. The Morgan fingerprint density at radius 2 is 1.97 bits per heavy atom. The standard InChI is InChI=1S/C21H24N8O2/c1-12(2)10-28(23)27-19(22)14-5-3-13(4-6-14)18-20(30)26-21(31)29(18)15-7-8-16-17(9-15)25-11-24-16/h3-9,11-12,18H,10,23H2,1-2H3,(H2,22,27)(H,24,25)(H,26,30,31). The van der Waals surface area contributed by atoms with E-state index in [4.69, 9.17) is 11.6 Å². The molecule has 160 valence electrons. The number of amidine groups is 1. The summed E-state index contributed by atoms with van der Waals surface area (Å²) in [5.41, 5.74) is 9.51. The van der Waals surface area contributed by atoms with Crippen LogP contribution in [0.1, 0.15) is 31.0 Å². The summed E-state index contributed by atoms with van der Waals surface area (Å²) < 4.78 is 0. The van der Waals surface area contributed by atoms with Gasteiger partial charge in [-0.2, -0.15) is 0 Å². The highest BCUT2D eigenvalue weighted by Gasteiger charge is 2.40. The molecule has 10 heteroatoms. The van der Waals surface area contributed by atoms with E-state index in [1.54, 1.807) is 48.8 Å². The van der Waals surface area contributed by atoms with Crippen LogP contribution in [0.3, 0.4) is 0 Å². The van der Waals surface area contributed by atoms with Gasteiger partial charge in [-0.1, -0.05) is 38.1 Å². The number of aromatic nitrogens is 2. The summed E-state index contributed by atoms with van der Waals surface area (Å²) in [4.78, 5) is 33.7. The number of hydrogen-bond donors (Lipinski definition) is 4. The van der Waals surface area contributed by atoms with Gasteiger partial charge in [0.2, 0.25) is 0 Å². The molecule has 0 radical (unpaired) electrons. The molecular weight excluding hydrogens is 396 g/mol. The van der Waals surface area contributed by atoms with Crippen molar-refractivity contribution in [1.29, 1.82) is 0 Å². The van der Waals surface area contributed by atoms with Crippen LogP contribution in [-0.4, -0.2) is 39.4 Å². The Morgan fingerprint density at radius 1 is 1.23 bits per heavy atom. The first-order valence-electron chi connectivity index (χ1n) is 9.87. The van der Waals surface area contributed by atoms with Gasteiger partial charge in [-0.05, 0) is 29.7 Å². The third-order valence-electron chi connectivity index (χ3n) is 4.95. The summed E-state index contributed by atoms with van der Waals surface area (Å²) in [7, 11) is 0. The molecule has 4 rings (SSSR count). The largest absolute Gasteiger partial charge is 0.382 e. The summed E-state index contributed by atoms with van der Waals surface area (Å²) in [5, 5.41) is 7.88. The molecule has 0 spiro atoms. The Bertz CT molecular complexity index is 1150. The van der Waals surface area contributed by atoms with E-state index >= 15 is 0 Å². The number of hydrazine groups is 1. The molecule has 1 fully saturated rings. The number of hydrazone groups is 1. The minimum Gasteiger partial charge on any atom is -0.382 e. The van der Waals surface area contributed by atoms with Crippen molar-refractivity contribution < 1.29 is 9.59 Å². The molecule has 0 bridgehead atoms. The number of nitrogens with one attached hydrogen (secondary N) is 2. The number of carbonyl (C=O) groups is 2. The van der Waals surface area contributed by atoms with Crippen molar-refractivity contribution in [3.05, 3.63) is 59.9 Å². The first-order valence-corrected chi connectivity index (χ1v) is 9.87. The predicted molar refractivity (Wildman–Crippen MR) is 118 cm³/mol. The van der Waals surface area contributed by atoms with Crippen molar-refractivity contribution in [1.82, 2.24) is 20.4 Å². The van der Waals surface area contributed by atoms with Gasteiger partial charge in [0.1, 0.15) is 6.04 Å². The van der Waals surface area contributed by atoms with Gasteiger partial charge in [-0.25, -0.2) is 20.7 Å². The molecule has 1 saturated heterocycles. The third-order valence-corrected chi connectivity index (χ3v) is 4.95. The number of urea groups is 1. The van der Waals surface area contributed by atoms with E-state index < -0.39 is 18.0 Å². The van der Waals surface area contributed by atoms with Crippen LogP contribution in [0.15, 0.2) is 53.9 Å². The summed E-state index contributed by atoms with van der Waals surface area (Å²) in [5.74, 6) is 6.07. The second-order valence-electron chi connectivity index (χ2n) is 7.79. The van der Waals surface area contributed by atoms with Gasteiger partial charge in [-0.3, -0.25) is 15.0 Å². The molecule has 1 unspecified atom stereocenters. The molecule has 1 aliphatic rings. The van der Waals surface area contributed by atoms with Crippen molar-refractivity contribution >= 4 is 34.5 Å². The maximum absolute atomic E-state index is 12.6. The average Bonchev–Trinajstić information content (AvgIpc) is 3.30. The van der Waals surface area contributed by atoms with Gasteiger partial charge in [-0.15, -0.1) is 5.10 Å². The molecule has 1 aromatic heterocycles. The van der Waals surface area contributed by atoms with Gasteiger partial charge in [0.25, 0.3) is 5.91 Å². The molecule has 0 saturated carbocycles. The molecule has 1 aliphatic heterocycles. The highest BCUT2D eigenvalue weighted by atomic mass is 16.2. The fraction of sp³-hybridized carbons (Fsp3) is 0.238. The van der Waals surface area contributed by atoms with Gasteiger partial charge in [0.15, 0.2) is 5.84 Å². The number of hydrogen-bond acceptors (Lipinski definition) is 6. The fourth-order valence-electron chi connectivity index (χ4n) is 3.56. The van der Waals surface area contributed by atoms with Gasteiger partial charge in [0, 0.05) is 11.3 Å². The van der Waals surface area contributed by atoms with Crippen LogP contribution in [0.4, 0.5) is 10.5 Å². The zero-order chi connectivity index (χ0) is 22.1. The molecule has 3 aromatic rings. The van der Waals surface area contributed by atoms with E-state index in [0.717, 1.165) is 11.0 Å². The zero-order valence-corrected chi connectivity index (χ0v) is 17.2. The number of fused-ring (bicyclic) bond motifs is 1. The number of rotatable bonds is 6. The summed E-state index contributed by atoms with van der Waals surface area (Å²) in [6, 6.07) is 11.1. The van der Waals surface area contributed by atoms with Crippen molar-refractivity contribution in [2.45, 2.75) is 19.9 Å². The van der Waals surface area contributed by atoms with Gasteiger partial charge in [0.05, 0.1) is 23.9 Å². The number of imidazole rings is 1. The number of benzene rings is 2. The van der Waals surface area contributed by atoms with E-state index in [0.29, 0.717) is 29.3 Å². The Labute approximate surface area is 178 Å². The highest BCUT2D eigenvalue weighted by Crippen LogP contribution is 2.32. The maximum atomic E-state index is 12.6. The van der Waals surface area contributed by atoms with Gasteiger partial charge >= 0.3 is 6.03 Å². The van der Waals surface area contributed by atoms with Gasteiger partial charge < -0.3 is 10.7 Å². The van der Waals surface area contributed by atoms with Crippen molar-refractivity contribution in [2.75, 3.05) is 11.4 Å². The van der Waals surface area contributed by atoms with E-state index in [9.17, 15) is 9.59 Å². The highest BCUT2D eigenvalue weighted by molar-refractivity contribution is 6.15. The number of nitrogens with zero attached hydrogens (tertiary/aromatic N) is 4. The predicted octanol–water partition coefficient (Wildman–Crippen LogP) is 1.81. The zero-order valence-electron chi connectivity index (χ0n) is 17.2. The van der Waals surface area contributed by atoms with Crippen molar-refractivity contribution in [2.24, 2.45) is 22.6 Å². The molecule has 31 heavy (non-hydrogen) atoms. The summed E-state index contributed by atoms with van der Waals surface area (Å²) in [6.07, 6.45) is 1.58.